The van der Waals surface area contributed by atoms with Crippen LogP contribution in [0.5, 0.6) is 0 Å². The predicted molar refractivity (Wildman–Crippen MR) is 215 cm³/mol. The lowest BCUT2D eigenvalue weighted by Gasteiger charge is -2.67. The second-order valence-electron chi connectivity index (χ2n) is 16.7. The van der Waals surface area contributed by atoms with E-state index in [0.29, 0.717) is 24.8 Å². The smallest absolute Gasteiger partial charge is 0.382 e. The van der Waals surface area contributed by atoms with Crippen LogP contribution >= 0.6 is 7.82 Å². The summed E-state index contributed by atoms with van der Waals surface area (Å²) in [4.78, 5) is 40.0. The number of nitrogens with zero attached hydrogens (tertiary/aromatic N) is 2. The Morgan fingerprint density at radius 1 is 0.909 bits per heavy atom. The van der Waals surface area contributed by atoms with Crippen molar-refractivity contribution < 1.29 is 43.0 Å². The Morgan fingerprint density at radius 2 is 1.51 bits per heavy atom. The highest BCUT2D eigenvalue weighted by atomic mass is 31.2. The van der Waals surface area contributed by atoms with Crippen LogP contribution in [0.3, 0.4) is 0 Å². The van der Waals surface area contributed by atoms with Crippen molar-refractivity contribution in [1.82, 2.24) is 14.8 Å². The number of nitrogens with one attached hydrogen (secondary N) is 1. The zero-order valence-electron chi connectivity index (χ0n) is 34.9. The third kappa shape index (κ3) is 7.71. The molecule has 1 aromatic heterocycles. The number of H-pyrrole nitrogens is 1. The number of carbonyl (C=O) groups is 1. The fourth-order valence-corrected chi connectivity index (χ4v) is 10.8. The molecule has 4 N–H and O–H groups in total. The third-order valence-electron chi connectivity index (χ3n) is 13.8. The molecule has 2 aliphatic heterocycles. The van der Waals surface area contributed by atoms with Crippen LogP contribution in [0.2, 0.25) is 0 Å². The number of phosphoric ester groups is 1. The number of aromatic amines is 1. The Balaban J connectivity index is 0.000000355. The summed E-state index contributed by atoms with van der Waals surface area (Å²) >= 11 is 0. The molecule has 2 bridgehead atoms. The van der Waals surface area contributed by atoms with E-state index in [2.05, 4.69) is 86.8 Å². The second kappa shape index (κ2) is 16.7. The number of carbonyl (C=O) groups excluding carboxylic acids is 1. The SMILES string of the molecule is CC1(C)OC23CC[C@]4(C)[C@@]5(C)c6[nH]c7ccccc7c6C[C@@H]5C[C@H](OCCCOP(=O)(O)O)[C@@]4(O)C2=CC(=O)[C@@H]1O3.CCN(CC)CC.CCN(CC)CC. The summed E-state index contributed by atoms with van der Waals surface area (Å²) < 4.78 is 35.1. The Kier molecular flexibility index (Phi) is 13.4. The molecule has 55 heavy (non-hydrogen) atoms. The first kappa shape index (κ1) is 44.1. The van der Waals surface area contributed by atoms with Gasteiger partial charge >= 0.3 is 7.82 Å². The van der Waals surface area contributed by atoms with Crippen LogP contribution in [0.25, 0.3) is 10.9 Å². The molecule has 13 heteroatoms. The number of aromatic nitrogens is 1. The zero-order valence-corrected chi connectivity index (χ0v) is 35.8. The molecule has 1 aromatic carbocycles. The molecule has 1 unspecified atom stereocenters. The van der Waals surface area contributed by atoms with Crippen LogP contribution in [-0.4, -0.2) is 117 Å². The molecule has 1 spiro atoms. The molecular formula is C42H68N3O9P. The van der Waals surface area contributed by atoms with Crippen molar-refractivity contribution in [3.63, 3.8) is 0 Å². The summed E-state index contributed by atoms with van der Waals surface area (Å²) in [5.41, 5.74) is 0.154. The number of rotatable bonds is 12. The van der Waals surface area contributed by atoms with Crippen molar-refractivity contribution in [3.05, 3.63) is 47.2 Å². The molecule has 2 saturated carbocycles. The van der Waals surface area contributed by atoms with Gasteiger partial charge in [-0.05, 0) is 102 Å². The monoisotopic (exact) mass is 789 g/mol. The number of hydrogen-bond donors (Lipinski definition) is 4. The molecule has 3 aliphatic carbocycles. The van der Waals surface area contributed by atoms with Gasteiger partial charge in [0.25, 0.3) is 0 Å². The summed E-state index contributed by atoms with van der Waals surface area (Å²) in [5, 5.41) is 14.4. The van der Waals surface area contributed by atoms with E-state index in [1.54, 1.807) is 6.08 Å². The Bertz CT molecular complexity index is 1710. The van der Waals surface area contributed by atoms with E-state index in [-0.39, 0.29) is 31.3 Å². The van der Waals surface area contributed by atoms with Gasteiger partial charge in [0, 0.05) is 46.0 Å². The quantitative estimate of drug-likeness (QED) is 0.138. The molecule has 310 valence electrons. The largest absolute Gasteiger partial charge is 0.469 e. The fraction of sp³-hybridized carbons (Fsp3) is 0.738. The van der Waals surface area contributed by atoms with E-state index >= 15 is 0 Å². The molecule has 0 radical (unpaired) electrons. The summed E-state index contributed by atoms with van der Waals surface area (Å²) in [6, 6.07) is 8.27. The molecule has 3 fully saturated rings. The number of aliphatic hydroxyl groups is 1. The summed E-state index contributed by atoms with van der Waals surface area (Å²) in [5.74, 6) is -1.31. The van der Waals surface area contributed by atoms with Gasteiger partial charge in [0.15, 0.2) is 17.7 Å². The highest BCUT2D eigenvalue weighted by molar-refractivity contribution is 7.46. The maximum absolute atomic E-state index is 13.4. The summed E-state index contributed by atoms with van der Waals surface area (Å²) in [7, 11) is -4.59. The predicted octanol–water partition coefficient (Wildman–Crippen LogP) is 6.51. The van der Waals surface area contributed by atoms with E-state index in [1.807, 2.05) is 26.0 Å². The highest BCUT2D eigenvalue weighted by Gasteiger charge is 2.78. The average Bonchev–Trinajstić information content (AvgIpc) is 3.73. The minimum Gasteiger partial charge on any atom is -0.382 e. The minimum atomic E-state index is -4.59. The number of ether oxygens (including phenoxy) is 3. The van der Waals surface area contributed by atoms with Gasteiger partial charge in [-0.25, -0.2) is 4.57 Å². The van der Waals surface area contributed by atoms with Crippen LogP contribution in [0.1, 0.15) is 106 Å². The van der Waals surface area contributed by atoms with E-state index in [4.69, 9.17) is 24.0 Å². The number of hydrogen-bond acceptors (Lipinski definition) is 9. The first-order valence-electron chi connectivity index (χ1n) is 20.6. The van der Waals surface area contributed by atoms with Gasteiger partial charge in [-0.1, -0.05) is 73.6 Å². The van der Waals surface area contributed by atoms with Crippen LogP contribution < -0.4 is 0 Å². The lowest BCUT2D eigenvalue weighted by atomic mass is 9.41. The van der Waals surface area contributed by atoms with Crippen molar-refractivity contribution in [3.8, 4) is 0 Å². The van der Waals surface area contributed by atoms with Gasteiger partial charge in [-0.3, -0.25) is 9.32 Å². The number of benzene rings is 1. The van der Waals surface area contributed by atoms with E-state index in [0.717, 1.165) is 17.6 Å². The average molecular weight is 790 g/mol. The molecule has 2 aromatic rings. The molecule has 7 atom stereocenters. The summed E-state index contributed by atoms with van der Waals surface area (Å²) in [6.07, 6.45) is 2.73. The van der Waals surface area contributed by atoms with Crippen molar-refractivity contribution in [2.24, 2.45) is 11.3 Å². The van der Waals surface area contributed by atoms with Crippen molar-refractivity contribution in [2.75, 3.05) is 52.5 Å². The van der Waals surface area contributed by atoms with Gasteiger partial charge < -0.3 is 43.9 Å². The standard InChI is InChI=1S/C30H38NO9P.2C6H15N/c1-26(2)25-21(32)16-22-29(39-25,40-26)11-10-27(3)28(4)17(14-19-18-8-5-6-9-20(18)31-24(19)28)15-23(30(22,27)33)37-12-7-13-38-41(34,35)36;2*1-4-7(5-2)6-3/h5-6,8-9,16-17,23,25,31,33H,7,10-15H2,1-4H3,(H2,34,35,36);2*4-6H2,1-3H3/t17-,23+,25+,27-,28-,29?,30+;;/m1../s1. The topological polar surface area (TPSA) is 154 Å². The normalized spacial score (nSPS) is 32.9. The van der Waals surface area contributed by atoms with Gasteiger partial charge in [0.1, 0.15) is 11.2 Å². The van der Waals surface area contributed by atoms with Crippen molar-refractivity contribution in [2.45, 2.75) is 136 Å². The van der Waals surface area contributed by atoms with Crippen molar-refractivity contribution >= 4 is 24.5 Å². The van der Waals surface area contributed by atoms with Crippen LogP contribution in [0.15, 0.2) is 35.9 Å². The van der Waals surface area contributed by atoms with Crippen LogP contribution in [0, 0.1) is 11.3 Å². The molecule has 1 saturated heterocycles. The minimum absolute atomic E-state index is 0.116. The second-order valence-corrected chi connectivity index (χ2v) is 17.9. The first-order chi connectivity index (χ1) is 25.9. The van der Waals surface area contributed by atoms with E-state index in [1.165, 1.54) is 50.2 Å². The van der Waals surface area contributed by atoms with Gasteiger partial charge in [-0.15, -0.1) is 0 Å². The highest BCUT2D eigenvalue weighted by Crippen LogP contribution is 2.72. The van der Waals surface area contributed by atoms with E-state index in [9.17, 15) is 14.5 Å². The van der Waals surface area contributed by atoms with Gasteiger partial charge in [0.2, 0.25) is 0 Å². The van der Waals surface area contributed by atoms with E-state index < -0.39 is 47.8 Å². The Labute approximate surface area is 328 Å². The Morgan fingerprint density at radius 3 is 2.07 bits per heavy atom. The number of para-hydroxylation sites is 1. The molecule has 3 heterocycles. The number of ketones is 1. The lowest BCUT2D eigenvalue weighted by molar-refractivity contribution is -0.280. The maximum Gasteiger partial charge on any atom is 0.469 e. The Hall–Kier alpha value is -1.96. The van der Waals surface area contributed by atoms with Crippen LogP contribution in [0.4, 0.5) is 0 Å². The third-order valence-corrected chi connectivity index (χ3v) is 14.3. The number of fused-ring (bicyclic) bond motifs is 9. The maximum atomic E-state index is 13.4. The lowest BCUT2D eigenvalue weighted by Crippen LogP contribution is -2.74. The van der Waals surface area contributed by atoms with Gasteiger partial charge in [-0.2, -0.15) is 0 Å². The molecule has 0 amide bonds. The molecule has 5 aliphatic rings. The molecule has 7 rings (SSSR count). The summed E-state index contributed by atoms with van der Waals surface area (Å²) in [6.45, 7) is 28.2. The number of phosphoric acid groups is 1. The molecular weight excluding hydrogens is 721 g/mol. The zero-order chi connectivity index (χ0) is 40.6. The van der Waals surface area contributed by atoms with Crippen molar-refractivity contribution in [1.29, 1.82) is 0 Å². The fourth-order valence-electron chi connectivity index (χ4n) is 10.4. The van der Waals surface area contributed by atoms with Gasteiger partial charge in [0.05, 0.1) is 12.7 Å². The first-order valence-corrected chi connectivity index (χ1v) is 22.1. The molecule has 12 nitrogen and oxygen atoms in total. The van der Waals surface area contributed by atoms with Crippen LogP contribution in [-0.2, 0) is 39.9 Å².